The molecule has 0 aromatic heterocycles. The van der Waals surface area contributed by atoms with Gasteiger partial charge in [0.1, 0.15) is 0 Å². The molecule has 1 fully saturated rings. The summed E-state index contributed by atoms with van der Waals surface area (Å²) in [4.78, 5) is 17.0. The zero-order valence-electron chi connectivity index (χ0n) is 11.4. The van der Waals surface area contributed by atoms with E-state index in [-0.39, 0.29) is 12.0 Å². The van der Waals surface area contributed by atoms with Crippen molar-refractivity contribution in [1.82, 2.24) is 5.48 Å². The maximum absolute atomic E-state index is 11.6. The molecular weight excluding hydrogens is 258 g/mol. The van der Waals surface area contributed by atoms with E-state index in [1.54, 1.807) is 11.8 Å². The number of nitrogens with one attached hydrogen (secondary N) is 1. The smallest absolute Gasteiger partial charge is 0.253 e. The first kappa shape index (κ1) is 14.4. The fourth-order valence-corrected chi connectivity index (χ4v) is 3.01. The maximum atomic E-state index is 11.6. The van der Waals surface area contributed by atoms with Gasteiger partial charge in [-0.05, 0) is 25.3 Å². The largest absolute Gasteiger partial charge is 0.272 e. The van der Waals surface area contributed by atoms with E-state index in [4.69, 9.17) is 4.84 Å². The van der Waals surface area contributed by atoms with E-state index in [2.05, 4.69) is 36.7 Å². The molecule has 0 radical (unpaired) electrons. The molecule has 19 heavy (non-hydrogen) atoms. The van der Waals surface area contributed by atoms with Gasteiger partial charge in [0.2, 0.25) is 0 Å². The molecule has 1 aromatic rings. The van der Waals surface area contributed by atoms with Gasteiger partial charge in [0.15, 0.2) is 0 Å². The number of hydrogen-bond acceptors (Lipinski definition) is 3. The molecule has 3 nitrogen and oxygen atoms in total. The third-order valence-corrected chi connectivity index (χ3v) is 4.23. The number of aryl methyl sites for hydroxylation is 1. The molecule has 1 amide bonds. The molecule has 0 unspecified atom stereocenters. The molecule has 0 aliphatic heterocycles. The van der Waals surface area contributed by atoms with Gasteiger partial charge in [-0.25, -0.2) is 5.48 Å². The molecule has 4 heteroatoms. The molecule has 0 atom stereocenters. The highest BCUT2D eigenvalue weighted by atomic mass is 32.2. The normalized spacial score (nSPS) is 15.6. The third-order valence-electron chi connectivity index (χ3n) is 3.23. The van der Waals surface area contributed by atoms with Crippen molar-refractivity contribution in [3.63, 3.8) is 0 Å². The van der Waals surface area contributed by atoms with E-state index in [0.29, 0.717) is 5.75 Å². The fourth-order valence-electron chi connectivity index (χ4n) is 2.25. The molecule has 104 valence electrons. The Balaban J connectivity index is 1.60. The summed E-state index contributed by atoms with van der Waals surface area (Å²) in [6.45, 7) is 2.08. The van der Waals surface area contributed by atoms with Crippen LogP contribution in [-0.4, -0.2) is 17.8 Å². The van der Waals surface area contributed by atoms with Crippen molar-refractivity contribution in [3.8, 4) is 0 Å². The fraction of sp³-hybridized carbons (Fsp3) is 0.533. The predicted octanol–water partition coefficient (Wildman–Crippen LogP) is 3.22. The van der Waals surface area contributed by atoms with Crippen molar-refractivity contribution >= 4 is 17.7 Å². The number of amides is 1. The second kappa shape index (κ2) is 7.56. The first-order chi connectivity index (χ1) is 9.24. The van der Waals surface area contributed by atoms with Gasteiger partial charge in [-0.2, -0.15) is 0 Å². The Morgan fingerprint density at radius 1 is 1.42 bits per heavy atom. The van der Waals surface area contributed by atoms with E-state index in [1.165, 1.54) is 24.0 Å². The molecular formula is C15H21NO2S. The number of carbonyl (C=O) groups is 1. The second-order valence-electron chi connectivity index (χ2n) is 5.03. The minimum absolute atomic E-state index is 0.0375. The quantitative estimate of drug-likeness (QED) is 0.813. The Labute approximate surface area is 119 Å². The highest BCUT2D eigenvalue weighted by Crippen LogP contribution is 2.20. The van der Waals surface area contributed by atoms with Crippen molar-refractivity contribution < 1.29 is 9.63 Å². The molecule has 0 bridgehead atoms. The average Bonchev–Trinajstić information content (AvgIpc) is 2.89. The van der Waals surface area contributed by atoms with Crippen LogP contribution in [0.4, 0.5) is 0 Å². The molecule has 0 heterocycles. The van der Waals surface area contributed by atoms with Crippen molar-refractivity contribution in [2.24, 2.45) is 0 Å². The van der Waals surface area contributed by atoms with Crippen LogP contribution in [0.15, 0.2) is 24.3 Å². The van der Waals surface area contributed by atoms with Crippen molar-refractivity contribution in [3.05, 3.63) is 35.4 Å². The van der Waals surface area contributed by atoms with Gasteiger partial charge in [0.05, 0.1) is 11.9 Å². The van der Waals surface area contributed by atoms with Crippen LogP contribution in [0.3, 0.4) is 0 Å². The summed E-state index contributed by atoms with van der Waals surface area (Å²) in [6.07, 6.45) is 4.78. The summed E-state index contributed by atoms with van der Waals surface area (Å²) in [6, 6.07) is 8.37. The first-order valence-electron chi connectivity index (χ1n) is 6.82. The van der Waals surface area contributed by atoms with Crippen LogP contribution in [0.5, 0.6) is 0 Å². The molecule has 1 N–H and O–H groups in total. The monoisotopic (exact) mass is 279 g/mol. The molecule has 0 saturated heterocycles. The van der Waals surface area contributed by atoms with Crippen LogP contribution in [-0.2, 0) is 15.4 Å². The van der Waals surface area contributed by atoms with Crippen LogP contribution in [0.2, 0.25) is 0 Å². The topological polar surface area (TPSA) is 38.3 Å². The van der Waals surface area contributed by atoms with Gasteiger partial charge in [0, 0.05) is 5.75 Å². The predicted molar refractivity (Wildman–Crippen MR) is 78.8 cm³/mol. The molecule has 0 spiro atoms. The van der Waals surface area contributed by atoms with Crippen LogP contribution in [0.25, 0.3) is 0 Å². The minimum Gasteiger partial charge on any atom is -0.272 e. The zero-order valence-corrected chi connectivity index (χ0v) is 12.2. The van der Waals surface area contributed by atoms with Gasteiger partial charge in [-0.1, -0.05) is 42.7 Å². The van der Waals surface area contributed by atoms with Crippen LogP contribution < -0.4 is 5.48 Å². The number of hydrogen-bond donors (Lipinski definition) is 1. The number of thioether (sulfide) groups is 1. The SMILES string of the molecule is Cc1cccc(CSCC(=O)NOC2CCCC2)c1. The lowest BCUT2D eigenvalue weighted by Crippen LogP contribution is -2.29. The molecule has 2 rings (SSSR count). The van der Waals surface area contributed by atoms with Gasteiger partial charge in [0.25, 0.3) is 5.91 Å². The standard InChI is InChI=1S/C15H21NO2S/c1-12-5-4-6-13(9-12)10-19-11-15(17)16-18-14-7-2-3-8-14/h4-6,9,14H,2-3,7-8,10-11H2,1H3,(H,16,17). The lowest BCUT2D eigenvalue weighted by molar-refractivity contribution is -0.135. The summed E-state index contributed by atoms with van der Waals surface area (Å²) in [5, 5.41) is 0. The number of carbonyl (C=O) groups excluding carboxylic acids is 1. The Morgan fingerprint density at radius 2 is 2.21 bits per heavy atom. The van der Waals surface area contributed by atoms with Crippen molar-refractivity contribution in [1.29, 1.82) is 0 Å². The van der Waals surface area contributed by atoms with Gasteiger partial charge in [-0.3, -0.25) is 9.63 Å². The van der Waals surface area contributed by atoms with E-state index in [0.717, 1.165) is 18.6 Å². The second-order valence-corrected chi connectivity index (χ2v) is 6.02. The van der Waals surface area contributed by atoms with Crippen LogP contribution in [0, 0.1) is 6.92 Å². The summed E-state index contributed by atoms with van der Waals surface area (Å²) in [5.41, 5.74) is 5.08. The first-order valence-corrected chi connectivity index (χ1v) is 7.97. The highest BCUT2D eigenvalue weighted by Gasteiger charge is 2.16. The Kier molecular flexibility index (Phi) is 5.73. The van der Waals surface area contributed by atoms with E-state index < -0.39 is 0 Å². The third kappa shape index (κ3) is 5.25. The zero-order chi connectivity index (χ0) is 13.5. The number of hydroxylamine groups is 1. The van der Waals surface area contributed by atoms with Crippen molar-refractivity contribution in [2.75, 3.05) is 5.75 Å². The maximum Gasteiger partial charge on any atom is 0.253 e. The average molecular weight is 279 g/mol. The molecule has 1 aliphatic rings. The Morgan fingerprint density at radius 3 is 2.95 bits per heavy atom. The van der Waals surface area contributed by atoms with Crippen LogP contribution in [0.1, 0.15) is 36.8 Å². The Bertz CT molecular complexity index is 416. The highest BCUT2D eigenvalue weighted by molar-refractivity contribution is 7.99. The lowest BCUT2D eigenvalue weighted by Gasteiger charge is -2.11. The van der Waals surface area contributed by atoms with E-state index >= 15 is 0 Å². The van der Waals surface area contributed by atoms with Gasteiger partial charge >= 0.3 is 0 Å². The summed E-state index contributed by atoms with van der Waals surface area (Å²) >= 11 is 1.61. The summed E-state index contributed by atoms with van der Waals surface area (Å²) in [7, 11) is 0. The summed E-state index contributed by atoms with van der Waals surface area (Å²) in [5.74, 6) is 1.27. The number of benzene rings is 1. The van der Waals surface area contributed by atoms with Gasteiger partial charge in [-0.15, -0.1) is 11.8 Å². The Hall–Kier alpha value is -1.00. The molecule has 1 aliphatic carbocycles. The van der Waals surface area contributed by atoms with E-state index in [9.17, 15) is 4.79 Å². The van der Waals surface area contributed by atoms with Crippen LogP contribution >= 0.6 is 11.8 Å². The minimum atomic E-state index is -0.0375. The number of rotatable bonds is 6. The van der Waals surface area contributed by atoms with Crippen molar-refractivity contribution in [2.45, 2.75) is 44.5 Å². The van der Waals surface area contributed by atoms with Gasteiger partial charge < -0.3 is 0 Å². The molecule has 1 aromatic carbocycles. The van der Waals surface area contributed by atoms with E-state index in [1.807, 2.05) is 0 Å². The molecule has 1 saturated carbocycles. The summed E-state index contributed by atoms with van der Waals surface area (Å²) < 4.78 is 0. The lowest BCUT2D eigenvalue weighted by atomic mass is 10.2.